The van der Waals surface area contributed by atoms with Crippen LogP contribution < -0.4 is 0 Å². The van der Waals surface area contributed by atoms with Crippen molar-refractivity contribution in [3.05, 3.63) is 24.8 Å². The van der Waals surface area contributed by atoms with Crippen LogP contribution in [0.15, 0.2) is 24.8 Å². The van der Waals surface area contributed by atoms with Crippen LogP contribution in [0.2, 0.25) is 0 Å². The summed E-state index contributed by atoms with van der Waals surface area (Å²) in [6.07, 6.45) is 0.762. The lowest BCUT2D eigenvalue weighted by molar-refractivity contribution is -0.0611. The summed E-state index contributed by atoms with van der Waals surface area (Å²) >= 11 is 0. The van der Waals surface area contributed by atoms with Gasteiger partial charge in [0.25, 0.3) is 0 Å². The van der Waals surface area contributed by atoms with Crippen molar-refractivity contribution in [2.45, 2.75) is 32.5 Å². The smallest absolute Gasteiger partial charge is 0.0920 e. The zero-order valence-electron chi connectivity index (χ0n) is 8.04. The molecule has 12 heavy (non-hydrogen) atoms. The summed E-state index contributed by atoms with van der Waals surface area (Å²) in [6.45, 7) is 12.2. The highest BCUT2D eigenvalue weighted by molar-refractivity contribution is 5.10. The van der Waals surface area contributed by atoms with E-state index in [-0.39, 0.29) is 5.92 Å². The molecule has 2 atom stereocenters. The average molecular weight is 170 g/mol. The van der Waals surface area contributed by atoms with Gasteiger partial charge in [0.15, 0.2) is 0 Å². The Hall–Kier alpha value is -0.600. The SMILES string of the molecule is C=C[C@H](C(=C)C)[C@@H](O)C(C)(C)O. The van der Waals surface area contributed by atoms with Crippen LogP contribution in [0.1, 0.15) is 20.8 Å². The van der Waals surface area contributed by atoms with Crippen LogP contribution in [-0.4, -0.2) is 21.9 Å². The second kappa shape index (κ2) is 3.87. The Morgan fingerprint density at radius 3 is 2.00 bits per heavy atom. The van der Waals surface area contributed by atoms with Crippen LogP contribution in [0, 0.1) is 5.92 Å². The molecule has 2 heteroatoms. The van der Waals surface area contributed by atoms with Crippen molar-refractivity contribution in [3.63, 3.8) is 0 Å². The topological polar surface area (TPSA) is 40.5 Å². The predicted octanol–water partition coefficient (Wildman–Crippen LogP) is 1.50. The second-order valence-corrected chi connectivity index (χ2v) is 3.71. The minimum atomic E-state index is -1.11. The van der Waals surface area contributed by atoms with Crippen LogP contribution >= 0.6 is 0 Å². The van der Waals surface area contributed by atoms with Gasteiger partial charge in [0.2, 0.25) is 0 Å². The normalized spacial score (nSPS) is 16.8. The van der Waals surface area contributed by atoms with Crippen LogP contribution in [0.25, 0.3) is 0 Å². The van der Waals surface area contributed by atoms with Gasteiger partial charge in [-0.05, 0) is 20.8 Å². The Balaban J connectivity index is 4.53. The number of aliphatic hydroxyl groups excluding tert-OH is 1. The lowest BCUT2D eigenvalue weighted by atomic mass is 9.86. The molecule has 0 saturated carbocycles. The van der Waals surface area contributed by atoms with Crippen molar-refractivity contribution in [2.24, 2.45) is 5.92 Å². The van der Waals surface area contributed by atoms with Gasteiger partial charge in [-0.15, -0.1) is 6.58 Å². The van der Waals surface area contributed by atoms with Gasteiger partial charge in [0.05, 0.1) is 11.7 Å². The Labute approximate surface area is 74.2 Å². The maximum absolute atomic E-state index is 9.63. The summed E-state index contributed by atoms with van der Waals surface area (Å²) in [5, 5.41) is 19.1. The molecule has 0 aliphatic carbocycles. The number of aliphatic hydroxyl groups is 2. The lowest BCUT2D eigenvalue weighted by Gasteiger charge is -2.30. The fourth-order valence-electron chi connectivity index (χ4n) is 1.04. The highest BCUT2D eigenvalue weighted by Crippen LogP contribution is 2.23. The fraction of sp³-hybridized carbons (Fsp3) is 0.600. The van der Waals surface area contributed by atoms with E-state index in [4.69, 9.17) is 0 Å². The van der Waals surface area contributed by atoms with E-state index in [2.05, 4.69) is 13.2 Å². The molecule has 0 saturated heterocycles. The number of rotatable bonds is 4. The molecule has 0 aromatic rings. The molecule has 0 unspecified atom stereocenters. The summed E-state index contributed by atoms with van der Waals surface area (Å²) in [7, 11) is 0. The van der Waals surface area contributed by atoms with Gasteiger partial charge in [-0.1, -0.05) is 18.2 Å². The van der Waals surface area contributed by atoms with Crippen LogP contribution in [0.5, 0.6) is 0 Å². The van der Waals surface area contributed by atoms with Crippen LogP contribution in [0.3, 0.4) is 0 Å². The molecule has 0 aliphatic heterocycles. The third-order valence-electron chi connectivity index (χ3n) is 1.89. The zero-order chi connectivity index (χ0) is 9.94. The Kier molecular flexibility index (Phi) is 3.68. The standard InChI is InChI=1S/C10H18O2/c1-6-8(7(2)3)9(11)10(4,5)12/h6,8-9,11-12H,1-2H2,3-5H3/t8-,9-/m1/s1. The summed E-state index contributed by atoms with van der Waals surface area (Å²) in [5.74, 6) is -0.245. The van der Waals surface area contributed by atoms with Crippen LogP contribution in [0.4, 0.5) is 0 Å². The first-order valence-corrected chi connectivity index (χ1v) is 3.99. The van der Waals surface area contributed by atoms with Crippen molar-refractivity contribution < 1.29 is 10.2 Å². The van der Waals surface area contributed by atoms with Crippen LogP contribution in [-0.2, 0) is 0 Å². The Bertz CT molecular complexity index is 177. The first kappa shape index (κ1) is 11.4. The maximum Gasteiger partial charge on any atom is 0.0920 e. The molecule has 0 fully saturated rings. The van der Waals surface area contributed by atoms with Gasteiger partial charge in [-0.25, -0.2) is 0 Å². The molecular weight excluding hydrogens is 152 g/mol. The van der Waals surface area contributed by atoms with Crippen molar-refractivity contribution in [2.75, 3.05) is 0 Å². The molecule has 0 aliphatic rings. The van der Waals surface area contributed by atoms with Crippen molar-refractivity contribution in [3.8, 4) is 0 Å². The summed E-state index contributed by atoms with van der Waals surface area (Å²) in [4.78, 5) is 0. The Morgan fingerprint density at radius 1 is 1.50 bits per heavy atom. The third kappa shape index (κ3) is 2.80. The van der Waals surface area contributed by atoms with Crippen molar-refractivity contribution >= 4 is 0 Å². The summed E-state index contributed by atoms with van der Waals surface area (Å²) < 4.78 is 0. The van der Waals surface area contributed by atoms with Gasteiger partial charge in [-0.2, -0.15) is 0 Å². The second-order valence-electron chi connectivity index (χ2n) is 3.71. The third-order valence-corrected chi connectivity index (χ3v) is 1.89. The zero-order valence-corrected chi connectivity index (χ0v) is 8.04. The minimum absolute atomic E-state index is 0.245. The highest BCUT2D eigenvalue weighted by atomic mass is 16.3. The molecule has 0 aromatic carbocycles. The molecule has 0 aromatic heterocycles. The van der Waals surface area contributed by atoms with Gasteiger partial charge >= 0.3 is 0 Å². The fourth-order valence-corrected chi connectivity index (χ4v) is 1.04. The molecule has 0 heterocycles. The van der Waals surface area contributed by atoms with Crippen molar-refractivity contribution in [1.29, 1.82) is 0 Å². The van der Waals surface area contributed by atoms with E-state index in [0.29, 0.717) is 0 Å². The number of hydrogen-bond donors (Lipinski definition) is 2. The molecule has 2 N–H and O–H groups in total. The molecule has 2 nitrogen and oxygen atoms in total. The van der Waals surface area contributed by atoms with E-state index in [1.807, 2.05) is 0 Å². The largest absolute Gasteiger partial charge is 0.389 e. The van der Waals surface area contributed by atoms with E-state index < -0.39 is 11.7 Å². The Morgan fingerprint density at radius 2 is 1.92 bits per heavy atom. The molecule has 0 spiro atoms. The molecule has 0 bridgehead atoms. The molecule has 0 rings (SSSR count). The molecule has 0 radical (unpaired) electrons. The van der Waals surface area contributed by atoms with E-state index in [1.165, 1.54) is 0 Å². The summed E-state index contributed by atoms with van der Waals surface area (Å²) in [5.41, 5.74) is -0.308. The van der Waals surface area contributed by atoms with E-state index >= 15 is 0 Å². The van der Waals surface area contributed by atoms with E-state index in [1.54, 1.807) is 26.8 Å². The molecule has 0 amide bonds. The van der Waals surface area contributed by atoms with Gasteiger partial charge in [0.1, 0.15) is 0 Å². The first-order chi connectivity index (χ1) is 5.30. The first-order valence-electron chi connectivity index (χ1n) is 3.99. The maximum atomic E-state index is 9.63. The predicted molar refractivity (Wildman–Crippen MR) is 50.8 cm³/mol. The lowest BCUT2D eigenvalue weighted by Crippen LogP contribution is -2.41. The average Bonchev–Trinajstić information content (AvgIpc) is 1.86. The quantitative estimate of drug-likeness (QED) is 0.628. The van der Waals surface area contributed by atoms with E-state index in [0.717, 1.165) is 5.57 Å². The van der Waals surface area contributed by atoms with E-state index in [9.17, 15) is 10.2 Å². The summed E-state index contributed by atoms with van der Waals surface area (Å²) in [6, 6.07) is 0. The van der Waals surface area contributed by atoms with Gasteiger partial charge in [-0.3, -0.25) is 0 Å². The van der Waals surface area contributed by atoms with Gasteiger partial charge < -0.3 is 10.2 Å². The highest BCUT2D eigenvalue weighted by Gasteiger charge is 2.30. The monoisotopic (exact) mass is 170 g/mol. The molecule has 70 valence electrons. The van der Waals surface area contributed by atoms with Crippen molar-refractivity contribution in [1.82, 2.24) is 0 Å². The number of hydrogen-bond acceptors (Lipinski definition) is 2. The minimum Gasteiger partial charge on any atom is -0.389 e. The van der Waals surface area contributed by atoms with Gasteiger partial charge in [0, 0.05) is 5.92 Å². The molecular formula is C10H18O2.